The van der Waals surface area contributed by atoms with E-state index in [9.17, 15) is 0 Å². The van der Waals surface area contributed by atoms with Gasteiger partial charge in [0.2, 0.25) is 5.95 Å². The first-order chi connectivity index (χ1) is 7.57. The Hall–Kier alpha value is -1.03. The highest BCUT2D eigenvalue weighted by Crippen LogP contribution is 2.20. The number of piperidine rings is 1. The Labute approximate surface area is 97.4 Å². The summed E-state index contributed by atoms with van der Waals surface area (Å²) in [6.45, 7) is 8.76. The van der Waals surface area contributed by atoms with Crippen LogP contribution in [0.4, 0.5) is 5.95 Å². The lowest BCUT2D eigenvalue weighted by Crippen LogP contribution is -2.39. The van der Waals surface area contributed by atoms with E-state index in [0.717, 1.165) is 19.0 Å². The largest absolute Gasteiger partial charge is 0.352 e. The first-order valence-corrected chi connectivity index (χ1v) is 6.08. The number of rotatable bonds is 2. The highest BCUT2D eigenvalue weighted by Gasteiger charge is 2.19. The van der Waals surface area contributed by atoms with Crippen molar-refractivity contribution in [1.82, 2.24) is 14.9 Å². The summed E-state index contributed by atoms with van der Waals surface area (Å²) in [5.41, 5.74) is 0.0843. The van der Waals surface area contributed by atoms with E-state index in [1.165, 1.54) is 12.8 Å². The Morgan fingerprint density at radius 2 is 2.31 bits per heavy atom. The van der Waals surface area contributed by atoms with E-state index in [2.05, 4.69) is 41.0 Å². The summed E-state index contributed by atoms with van der Waals surface area (Å²) in [5.74, 6) is 0.987. The summed E-state index contributed by atoms with van der Waals surface area (Å²) < 4.78 is 2.20. The predicted molar refractivity (Wildman–Crippen MR) is 66.7 cm³/mol. The summed E-state index contributed by atoms with van der Waals surface area (Å²) in [5, 5.41) is 6.93. The molecule has 0 spiro atoms. The molecule has 90 valence electrons. The summed E-state index contributed by atoms with van der Waals surface area (Å²) in [4.78, 5) is 4.40. The molecule has 2 N–H and O–H groups in total. The van der Waals surface area contributed by atoms with Crippen molar-refractivity contribution in [2.75, 3.05) is 18.4 Å². The first kappa shape index (κ1) is 11.5. The van der Waals surface area contributed by atoms with Crippen LogP contribution in [0.3, 0.4) is 0 Å². The lowest BCUT2D eigenvalue weighted by Gasteiger charge is -2.28. The number of anilines is 1. The van der Waals surface area contributed by atoms with E-state index in [0.29, 0.717) is 6.04 Å². The fourth-order valence-electron chi connectivity index (χ4n) is 2.11. The quantitative estimate of drug-likeness (QED) is 0.802. The van der Waals surface area contributed by atoms with Gasteiger partial charge in [0.25, 0.3) is 0 Å². The van der Waals surface area contributed by atoms with Crippen molar-refractivity contribution < 1.29 is 0 Å². The molecule has 0 saturated carbocycles. The Balaban J connectivity index is 2.06. The fraction of sp³-hybridized carbons (Fsp3) is 0.750. The van der Waals surface area contributed by atoms with Crippen LogP contribution in [0, 0.1) is 0 Å². The van der Waals surface area contributed by atoms with Crippen molar-refractivity contribution in [3.05, 3.63) is 12.4 Å². The molecule has 1 fully saturated rings. The number of hydrogen-bond acceptors (Lipinski definition) is 3. The number of imidazole rings is 1. The van der Waals surface area contributed by atoms with Crippen LogP contribution in [0.25, 0.3) is 0 Å². The van der Waals surface area contributed by atoms with E-state index in [-0.39, 0.29) is 5.54 Å². The van der Waals surface area contributed by atoms with Gasteiger partial charge < -0.3 is 15.2 Å². The van der Waals surface area contributed by atoms with Gasteiger partial charge in [0.05, 0.1) is 0 Å². The van der Waals surface area contributed by atoms with Gasteiger partial charge in [-0.1, -0.05) is 0 Å². The van der Waals surface area contributed by atoms with E-state index in [1.54, 1.807) is 0 Å². The maximum atomic E-state index is 4.40. The SMILES string of the molecule is CC(C)(C)n1ccnc1NC1CCCNC1. The lowest BCUT2D eigenvalue weighted by molar-refractivity contribution is 0.396. The van der Waals surface area contributed by atoms with Gasteiger partial charge in [0.15, 0.2) is 0 Å². The second-order valence-electron chi connectivity index (χ2n) is 5.48. The third-order valence-corrected chi connectivity index (χ3v) is 2.99. The predicted octanol–water partition coefficient (Wildman–Crippen LogP) is 1.80. The standard InChI is InChI=1S/C12H22N4/c1-12(2,3)16-8-7-14-11(16)15-10-5-4-6-13-9-10/h7-8,10,13H,4-6,9H2,1-3H3,(H,14,15). The van der Waals surface area contributed by atoms with Crippen LogP contribution in [0.2, 0.25) is 0 Å². The van der Waals surface area contributed by atoms with Crippen LogP contribution in [0.5, 0.6) is 0 Å². The fourth-order valence-corrected chi connectivity index (χ4v) is 2.11. The second-order valence-corrected chi connectivity index (χ2v) is 5.48. The third kappa shape index (κ3) is 2.55. The van der Waals surface area contributed by atoms with Gasteiger partial charge in [-0.2, -0.15) is 0 Å². The molecule has 2 heterocycles. The molecule has 0 radical (unpaired) electrons. The molecule has 0 aromatic carbocycles. The summed E-state index contributed by atoms with van der Waals surface area (Å²) in [6.07, 6.45) is 6.38. The summed E-state index contributed by atoms with van der Waals surface area (Å²) in [7, 11) is 0. The molecular weight excluding hydrogens is 200 g/mol. The zero-order valence-electron chi connectivity index (χ0n) is 10.5. The average Bonchev–Trinajstić information content (AvgIpc) is 2.67. The minimum atomic E-state index is 0.0843. The Morgan fingerprint density at radius 3 is 2.94 bits per heavy atom. The number of aromatic nitrogens is 2. The van der Waals surface area contributed by atoms with Gasteiger partial charge in [-0.05, 0) is 40.2 Å². The molecule has 4 heteroatoms. The van der Waals surface area contributed by atoms with Crippen LogP contribution >= 0.6 is 0 Å². The molecule has 1 aromatic heterocycles. The molecule has 2 rings (SSSR count). The Morgan fingerprint density at radius 1 is 1.50 bits per heavy atom. The van der Waals surface area contributed by atoms with Crippen molar-refractivity contribution in [3.63, 3.8) is 0 Å². The third-order valence-electron chi connectivity index (χ3n) is 2.99. The zero-order valence-corrected chi connectivity index (χ0v) is 10.5. The van der Waals surface area contributed by atoms with E-state index in [4.69, 9.17) is 0 Å². The van der Waals surface area contributed by atoms with Gasteiger partial charge in [0.1, 0.15) is 0 Å². The minimum absolute atomic E-state index is 0.0843. The lowest BCUT2D eigenvalue weighted by atomic mass is 10.1. The van der Waals surface area contributed by atoms with Crippen LogP contribution in [-0.4, -0.2) is 28.7 Å². The molecule has 1 unspecified atom stereocenters. The van der Waals surface area contributed by atoms with Gasteiger partial charge in [-0.25, -0.2) is 4.98 Å². The topological polar surface area (TPSA) is 41.9 Å². The van der Waals surface area contributed by atoms with Crippen molar-refractivity contribution in [2.24, 2.45) is 0 Å². The molecule has 1 aliphatic heterocycles. The Bertz CT molecular complexity index is 331. The molecule has 0 amide bonds. The Kier molecular flexibility index (Phi) is 3.19. The number of hydrogen-bond donors (Lipinski definition) is 2. The molecule has 1 atom stereocenters. The molecular formula is C12H22N4. The summed E-state index contributed by atoms with van der Waals surface area (Å²) in [6, 6.07) is 0.511. The molecule has 4 nitrogen and oxygen atoms in total. The average molecular weight is 222 g/mol. The molecule has 1 saturated heterocycles. The zero-order chi connectivity index (χ0) is 11.6. The van der Waals surface area contributed by atoms with Gasteiger partial charge in [-0.3, -0.25) is 0 Å². The van der Waals surface area contributed by atoms with E-state index < -0.39 is 0 Å². The monoisotopic (exact) mass is 222 g/mol. The van der Waals surface area contributed by atoms with Gasteiger partial charge in [-0.15, -0.1) is 0 Å². The smallest absolute Gasteiger partial charge is 0.203 e. The van der Waals surface area contributed by atoms with Crippen molar-refractivity contribution in [1.29, 1.82) is 0 Å². The van der Waals surface area contributed by atoms with Crippen LogP contribution in [0.1, 0.15) is 33.6 Å². The normalized spacial score (nSPS) is 22.1. The molecule has 16 heavy (non-hydrogen) atoms. The van der Waals surface area contributed by atoms with Gasteiger partial charge >= 0.3 is 0 Å². The van der Waals surface area contributed by atoms with Crippen molar-refractivity contribution in [3.8, 4) is 0 Å². The number of nitrogens with one attached hydrogen (secondary N) is 2. The molecule has 1 aromatic rings. The van der Waals surface area contributed by atoms with Crippen molar-refractivity contribution >= 4 is 5.95 Å². The second kappa shape index (κ2) is 4.45. The minimum Gasteiger partial charge on any atom is -0.352 e. The maximum Gasteiger partial charge on any atom is 0.203 e. The summed E-state index contributed by atoms with van der Waals surface area (Å²) >= 11 is 0. The highest BCUT2D eigenvalue weighted by molar-refractivity contribution is 5.29. The van der Waals surface area contributed by atoms with E-state index in [1.807, 2.05) is 12.4 Å². The van der Waals surface area contributed by atoms with Gasteiger partial charge in [0, 0.05) is 30.5 Å². The number of nitrogens with zero attached hydrogens (tertiary/aromatic N) is 2. The van der Waals surface area contributed by atoms with Crippen LogP contribution in [-0.2, 0) is 5.54 Å². The molecule has 0 bridgehead atoms. The molecule has 0 aliphatic carbocycles. The van der Waals surface area contributed by atoms with Crippen molar-refractivity contribution in [2.45, 2.75) is 45.2 Å². The van der Waals surface area contributed by atoms with Crippen LogP contribution in [0.15, 0.2) is 12.4 Å². The van der Waals surface area contributed by atoms with Crippen LogP contribution < -0.4 is 10.6 Å². The molecule has 1 aliphatic rings. The van der Waals surface area contributed by atoms with E-state index >= 15 is 0 Å². The highest BCUT2D eigenvalue weighted by atomic mass is 15.2. The maximum absolute atomic E-state index is 4.40. The first-order valence-electron chi connectivity index (χ1n) is 6.08.